The number of hydrogen-bond acceptors (Lipinski definition) is 6. The van der Waals surface area contributed by atoms with Crippen LogP contribution in [0.1, 0.15) is 17.7 Å². The van der Waals surface area contributed by atoms with Crippen molar-refractivity contribution in [2.45, 2.75) is 30.4 Å². The van der Waals surface area contributed by atoms with Crippen LogP contribution in [0.25, 0.3) is 0 Å². The zero-order valence-electron chi connectivity index (χ0n) is 14.9. The Bertz CT molecular complexity index is 814. The van der Waals surface area contributed by atoms with Crippen molar-refractivity contribution in [3.05, 3.63) is 40.6 Å². The first-order valence-corrected chi connectivity index (χ1v) is 10.7. The molecule has 1 saturated heterocycles. The SMILES string of the molecule is COc1ccc(S(=O)(=O)N(Cc2cccs2)C[C@H]2CCCO2)cc1OC. The van der Waals surface area contributed by atoms with E-state index in [1.165, 1.54) is 24.6 Å². The van der Waals surface area contributed by atoms with E-state index in [9.17, 15) is 8.42 Å². The first-order chi connectivity index (χ1) is 12.5. The largest absolute Gasteiger partial charge is 0.493 e. The molecule has 1 fully saturated rings. The number of sulfonamides is 1. The monoisotopic (exact) mass is 397 g/mol. The number of hydrogen-bond donors (Lipinski definition) is 0. The Morgan fingerprint density at radius 2 is 2.04 bits per heavy atom. The Morgan fingerprint density at radius 3 is 2.65 bits per heavy atom. The molecular weight excluding hydrogens is 374 g/mol. The Labute approximate surface area is 158 Å². The first-order valence-electron chi connectivity index (χ1n) is 8.40. The van der Waals surface area contributed by atoms with Gasteiger partial charge in [0, 0.05) is 30.6 Å². The lowest BCUT2D eigenvalue weighted by atomic mass is 10.2. The molecule has 0 unspecified atom stereocenters. The third-order valence-corrected chi connectivity index (χ3v) is 7.01. The van der Waals surface area contributed by atoms with Crippen molar-refractivity contribution < 1.29 is 22.6 Å². The average Bonchev–Trinajstić information content (AvgIpc) is 3.34. The number of nitrogens with zero attached hydrogens (tertiary/aromatic N) is 1. The van der Waals surface area contributed by atoms with Crippen LogP contribution in [0.15, 0.2) is 40.6 Å². The molecule has 1 aromatic carbocycles. The van der Waals surface area contributed by atoms with Crippen LogP contribution in [0.2, 0.25) is 0 Å². The van der Waals surface area contributed by atoms with E-state index in [-0.39, 0.29) is 11.0 Å². The van der Waals surface area contributed by atoms with Crippen LogP contribution in [0, 0.1) is 0 Å². The van der Waals surface area contributed by atoms with E-state index in [0.717, 1.165) is 17.7 Å². The fourth-order valence-corrected chi connectivity index (χ4v) is 5.23. The second-order valence-corrected chi connectivity index (χ2v) is 9.00. The molecule has 6 nitrogen and oxygen atoms in total. The van der Waals surface area contributed by atoms with Crippen molar-refractivity contribution in [3.63, 3.8) is 0 Å². The van der Waals surface area contributed by atoms with Crippen molar-refractivity contribution >= 4 is 21.4 Å². The predicted molar refractivity (Wildman–Crippen MR) is 100 cm³/mol. The molecule has 1 aromatic heterocycles. The summed E-state index contributed by atoms with van der Waals surface area (Å²) in [4.78, 5) is 1.18. The van der Waals surface area contributed by atoms with Gasteiger partial charge in [-0.25, -0.2) is 8.42 Å². The van der Waals surface area contributed by atoms with E-state index in [0.29, 0.717) is 31.2 Å². The van der Waals surface area contributed by atoms with Gasteiger partial charge in [0.25, 0.3) is 0 Å². The minimum Gasteiger partial charge on any atom is -0.493 e. The standard InChI is InChI=1S/C18H23NO5S2/c1-22-17-8-7-16(11-18(17)23-2)26(20,21)19(12-14-5-3-9-24-14)13-15-6-4-10-25-15/h4,6-8,10-11,14H,3,5,9,12-13H2,1-2H3/t14-/m1/s1. The van der Waals surface area contributed by atoms with Crippen LogP contribution in [0.5, 0.6) is 11.5 Å². The van der Waals surface area contributed by atoms with E-state index in [4.69, 9.17) is 14.2 Å². The van der Waals surface area contributed by atoms with Gasteiger partial charge in [-0.15, -0.1) is 11.3 Å². The zero-order chi connectivity index (χ0) is 18.6. The highest BCUT2D eigenvalue weighted by molar-refractivity contribution is 7.89. The maximum absolute atomic E-state index is 13.3. The van der Waals surface area contributed by atoms with Gasteiger partial charge in [-0.2, -0.15) is 4.31 Å². The van der Waals surface area contributed by atoms with Gasteiger partial charge in [-0.1, -0.05) is 6.07 Å². The third kappa shape index (κ3) is 4.20. The molecule has 2 aromatic rings. The summed E-state index contributed by atoms with van der Waals surface area (Å²) in [5, 5.41) is 1.95. The molecule has 1 aliphatic heterocycles. The van der Waals surface area contributed by atoms with E-state index in [2.05, 4.69) is 0 Å². The fraction of sp³-hybridized carbons (Fsp3) is 0.444. The van der Waals surface area contributed by atoms with E-state index in [1.807, 2.05) is 17.5 Å². The predicted octanol–water partition coefficient (Wildman–Crippen LogP) is 3.14. The topological polar surface area (TPSA) is 65.1 Å². The fourth-order valence-electron chi connectivity index (χ4n) is 2.97. The van der Waals surface area contributed by atoms with Gasteiger partial charge in [0.2, 0.25) is 10.0 Å². The van der Waals surface area contributed by atoms with Crippen LogP contribution in [0.4, 0.5) is 0 Å². The lowest BCUT2D eigenvalue weighted by Gasteiger charge is -2.24. The highest BCUT2D eigenvalue weighted by Gasteiger charge is 2.30. The van der Waals surface area contributed by atoms with Crippen molar-refractivity contribution in [2.75, 3.05) is 27.4 Å². The number of thiophene rings is 1. The molecule has 8 heteroatoms. The van der Waals surface area contributed by atoms with Crippen LogP contribution in [0.3, 0.4) is 0 Å². The Hall–Kier alpha value is -1.61. The second kappa shape index (κ2) is 8.39. The summed E-state index contributed by atoms with van der Waals surface area (Å²) in [7, 11) is -0.687. The van der Waals surface area contributed by atoms with Gasteiger partial charge in [-0.3, -0.25) is 0 Å². The summed E-state index contributed by atoms with van der Waals surface area (Å²) in [6.45, 7) is 1.36. The van der Waals surface area contributed by atoms with Crippen molar-refractivity contribution in [2.24, 2.45) is 0 Å². The summed E-state index contributed by atoms with van der Waals surface area (Å²) >= 11 is 1.54. The van der Waals surface area contributed by atoms with Gasteiger partial charge in [-0.05, 0) is 36.4 Å². The summed E-state index contributed by atoms with van der Waals surface area (Å²) in [6, 6.07) is 8.53. The van der Waals surface area contributed by atoms with Crippen molar-refractivity contribution in [1.29, 1.82) is 0 Å². The molecule has 0 aliphatic carbocycles. The summed E-state index contributed by atoms with van der Waals surface area (Å²) in [5.41, 5.74) is 0. The molecule has 0 N–H and O–H groups in total. The van der Waals surface area contributed by atoms with E-state index < -0.39 is 10.0 Å². The molecule has 0 amide bonds. The second-order valence-electron chi connectivity index (χ2n) is 6.03. The van der Waals surface area contributed by atoms with Gasteiger partial charge >= 0.3 is 0 Å². The Morgan fingerprint density at radius 1 is 1.23 bits per heavy atom. The lowest BCUT2D eigenvalue weighted by molar-refractivity contribution is 0.0927. The third-order valence-electron chi connectivity index (χ3n) is 4.34. The molecule has 1 aliphatic rings. The zero-order valence-corrected chi connectivity index (χ0v) is 16.5. The minimum atomic E-state index is -3.70. The highest BCUT2D eigenvalue weighted by atomic mass is 32.2. The molecule has 0 saturated carbocycles. The van der Waals surface area contributed by atoms with Gasteiger partial charge in [0.1, 0.15) is 0 Å². The number of methoxy groups -OCH3 is 2. The normalized spacial score (nSPS) is 17.6. The smallest absolute Gasteiger partial charge is 0.243 e. The van der Waals surface area contributed by atoms with Crippen molar-refractivity contribution in [1.82, 2.24) is 4.31 Å². The molecule has 0 radical (unpaired) electrons. The molecule has 3 rings (SSSR count). The Kier molecular flexibility index (Phi) is 6.18. The number of rotatable bonds is 8. The minimum absolute atomic E-state index is 0.0649. The van der Waals surface area contributed by atoms with Crippen LogP contribution in [-0.2, 0) is 21.3 Å². The quantitative estimate of drug-likeness (QED) is 0.685. The number of benzene rings is 1. The molecular formula is C18H23NO5S2. The maximum atomic E-state index is 13.3. The van der Waals surface area contributed by atoms with Crippen LogP contribution >= 0.6 is 11.3 Å². The van der Waals surface area contributed by atoms with Gasteiger partial charge in [0.15, 0.2) is 11.5 Å². The lowest BCUT2D eigenvalue weighted by Crippen LogP contribution is -2.36. The molecule has 1 atom stereocenters. The van der Waals surface area contributed by atoms with Gasteiger partial charge in [0.05, 0.1) is 25.2 Å². The van der Waals surface area contributed by atoms with E-state index >= 15 is 0 Å². The molecule has 142 valence electrons. The average molecular weight is 398 g/mol. The van der Waals surface area contributed by atoms with Crippen LogP contribution < -0.4 is 9.47 Å². The molecule has 0 spiro atoms. The van der Waals surface area contributed by atoms with Crippen LogP contribution in [-0.4, -0.2) is 46.2 Å². The van der Waals surface area contributed by atoms with Gasteiger partial charge < -0.3 is 14.2 Å². The van der Waals surface area contributed by atoms with E-state index in [1.54, 1.807) is 23.5 Å². The summed E-state index contributed by atoms with van der Waals surface area (Å²) in [6.07, 6.45) is 1.78. The molecule has 2 heterocycles. The molecule has 26 heavy (non-hydrogen) atoms. The highest BCUT2D eigenvalue weighted by Crippen LogP contribution is 2.31. The number of ether oxygens (including phenoxy) is 3. The summed E-state index contributed by atoms with van der Waals surface area (Å²) in [5.74, 6) is 0.886. The summed E-state index contributed by atoms with van der Waals surface area (Å²) < 4.78 is 44.2. The molecule has 0 bridgehead atoms. The first kappa shape index (κ1) is 19.2. The van der Waals surface area contributed by atoms with Crippen molar-refractivity contribution in [3.8, 4) is 11.5 Å². The Balaban J connectivity index is 1.92. The maximum Gasteiger partial charge on any atom is 0.243 e.